The largest absolute Gasteiger partial charge is 0.465 e. The van der Waals surface area contributed by atoms with Gasteiger partial charge in [0.1, 0.15) is 11.4 Å². The highest BCUT2D eigenvalue weighted by Crippen LogP contribution is 2.19. The van der Waals surface area contributed by atoms with Crippen LogP contribution in [-0.2, 0) is 4.74 Å². The fraction of sp³-hybridized carbons (Fsp3) is 0.133. The molecule has 0 bridgehead atoms. The van der Waals surface area contributed by atoms with Crippen LogP contribution in [0.2, 0.25) is 0 Å². The van der Waals surface area contributed by atoms with Crippen molar-refractivity contribution in [2.75, 3.05) is 7.11 Å². The Kier molecular flexibility index (Phi) is 2.95. The molecule has 0 aliphatic rings. The van der Waals surface area contributed by atoms with Crippen LogP contribution in [0, 0.1) is 6.92 Å². The molecule has 4 rings (SSSR count). The number of carbonyl (C=O) groups excluding carboxylic acids is 1. The Labute approximate surface area is 134 Å². The molecule has 120 valence electrons. The van der Waals surface area contributed by atoms with Crippen LogP contribution in [-0.4, -0.2) is 42.4 Å². The van der Waals surface area contributed by atoms with Crippen molar-refractivity contribution in [3.63, 3.8) is 0 Å². The molecule has 4 aromatic rings. The van der Waals surface area contributed by atoms with Crippen molar-refractivity contribution in [1.82, 2.24) is 29.4 Å². The second-order valence-corrected chi connectivity index (χ2v) is 5.18. The van der Waals surface area contributed by atoms with Gasteiger partial charge in [0.2, 0.25) is 0 Å². The van der Waals surface area contributed by atoms with E-state index >= 15 is 0 Å². The summed E-state index contributed by atoms with van der Waals surface area (Å²) >= 11 is 0. The minimum Gasteiger partial charge on any atom is -0.465 e. The number of methoxy groups -OCH3 is 1. The number of esters is 1. The Balaban J connectivity index is 2.05. The molecule has 9 heteroatoms. The molecule has 0 fully saturated rings. The molecule has 1 N–H and O–H groups in total. The minimum atomic E-state index is -0.514. The van der Waals surface area contributed by atoms with Crippen LogP contribution < -0.4 is 5.56 Å². The second kappa shape index (κ2) is 5.01. The average molecular weight is 324 g/mol. The van der Waals surface area contributed by atoms with Crippen molar-refractivity contribution in [3.8, 4) is 5.82 Å². The summed E-state index contributed by atoms with van der Waals surface area (Å²) < 4.78 is 7.69. The highest BCUT2D eigenvalue weighted by Gasteiger charge is 2.21. The monoisotopic (exact) mass is 324 g/mol. The molecule has 0 aliphatic carbocycles. The fourth-order valence-electron chi connectivity index (χ4n) is 2.69. The van der Waals surface area contributed by atoms with Crippen LogP contribution in [0.5, 0.6) is 0 Å². The Bertz CT molecular complexity index is 1140. The molecule has 0 saturated carbocycles. The number of pyridine rings is 1. The summed E-state index contributed by atoms with van der Waals surface area (Å²) in [7, 11) is 1.30. The summed E-state index contributed by atoms with van der Waals surface area (Å²) in [5.74, 6) is 0.0362. The Morgan fingerprint density at radius 1 is 1.33 bits per heavy atom. The molecule has 0 aromatic carbocycles. The molecule has 0 amide bonds. The minimum absolute atomic E-state index is 0.265. The highest BCUT2D eigenvalue weighted by atomic mass is 16.5. The quantitative estimate of drug-likeness (QED) is 0.548. The molecule has 0 spiro atoms. The molecule has 0 atom stereocenters. The molecule has 4 heterocycles. The number of aromatic amines is 1. The van der Waals surface area contributed by atoms with Gasteiger partial charge in [-0.05, 0) is 13.0 Å². The number of nitrogens with one attached hydrogen (secondary N) is 1. The third-order valence-corrected chi connectivity index (χ3v) is 3.82. The molecule has 0 radical (unpaired) electrons. The second-order valence-electron chi connectivity index (χ2n) is 5.18. The number of H-pyrrole nitrogens is 1. The van der Waals surface area contributed by atoms with Gasteiger partial charge in [-0.15, -0.1) is 0 Å². The van der Waals surface area contributed by atoms with E-state index < -0.39 is 5.97 Å². The number of nitrogens with zero attached hydrogens (tertiary/aromatic N) is 5. The van der Waals surface area contributed by atoms with Gasteiger partial charge in [-0.1, -0.05) is 0 Å². The van der Waals surface area contributed by atoms with Gasteiger partial charge in [-0.3, -0.25) is 14.5 Å². The van der Waals surface area contributed by atoms with E-state index in [4.69, 9.17) is 4.74 Å². The number of carbonyl (C=O) groups is 1. The van der Waals surface area contributed by atoms with E-state index in [9.17, 15) is 9.59 Å². The number of hydrogen-bond acceptors (Lipinski definition) is 6. The summed E-state index contributed by atoms with van der Waals surface area (Å²) in [4.78, 5) is 28.9. The van der Waals surface area contributed by atoms with E-state index in [1.165, 1.54) is 22.4 Å². The molecule has 0 unspecified atom stereocenters. The lowest BCUT2D eigenvalue weighted by Crippen LogP contribution is -2.19. The van der Waals surface area contributed by atoms with Gasteiger partial charge in [-0.25, -0.2) is 14.3 Å². The molecule has 9 nitrogen and oxygen atoms in total. The summed E-state index contributed by atoms with van der Waals surface area (Å²) in [5, 5.41) is 11.3. The Hall–Kier alpha value is -3.49. The highest BCUT2D eigenvalue weighted by molar-refractivity contribution is 5.98. The first-order chi connectivity index (χ1) is 11.6. The first-order valence-electron chi connectivity index (χ1n) is 7.09. The van der Waals surface area contributed by atoms with Crippen molar-refractivity contribution in [1.29, 1.82) is 0 Å². The normalized spacial score (nSPS) is 11.2. The predicted molar refractivity (Wildman–Crippen MR) is 84.3 cm³/mol. The maximum atomic E-state index is 12.7. The zero-order chi connectivity index (χ0) is 16.8. The van der Waals surface area contributed by atoms with Crippen LogP contribution in [0.4, 0.5) is 0 Å². The van der Waals surface area contributed by atoms with E-state index in [-0.39, 0.29) is 11.1 Å². The Morgan fingerprint density at radius 2 is 2.17 bits per heavy atom. The van der Waals surface area contributed by atoms with Crippen LogP contribution >= 0.6 is 0 Å². The zero-order valence-electron chi connectivity index (χ0n) is 12.8. The lowest BCUT2D eigenvalue weighted by molar-refractivity contribution is 0.0602. The predicted octanol–water partition coefficient (Wildman–Crippen LogP) is 0.852. The van der Waals surface area contributed by atoms with Gasteiger partial charge >= 0.3 is 5.97 Å². The summed E-state index contributed by atoms with van der Waals surface area (Å²) in [6.45, 7) is 1.69. The first-order valence-corrected chi connectivity index (χ1v) is 7.09. The van der Waals surface area contributed by atoms with Crippen molar-refractivity contribution >= 4 is 22.5 Å². The van der Waals surface area contributed by atoms with E-state index in [0.29, 0.717) is 28.1 Å². The van der Waals surface area contributed by atoms with E-state index in [2.05, 4.69) is 20.3 Å². The van der Waals surface area contributed by atoms with E-state index in [1.54, 1.807) is 31.5 Å². The van der Waals surface area contributed by atoms with Gasteiger partial charge in [-0.2, -0.15) is 10.2 Å². The maximum Gasteiger partial charge on any atom is 0.343 e. The molecule has 24 heavy (non-hydrogen) atoms. The smallest absolute Gasteiger partial charge is 0.343 e. The lowest BCUT2D eigenvalue weighted by atomic mass is 10.2. The fourth-order valence-corrected chi connectivity index (χ4v) is 2.69. The van der Waals surface area contributed by atoms with Crippen LogP contribution in [0.15, 0.2) is 35.5 Å². The van der Waals surface area contributed by atoms with Gasteiger partial charge in [0, 0.05) is 18.5 Å². The van der Waals surface area contributed by atoms with Gasteiger partial charge < -0.3 is 4.74 Å². The lowest BCUT2D eigenvalue weighted by Gasteiger charge is -2.05. The van der Waals surface area contributed by atoms with E-state index in [1.807, 2.05) is 0 Å². The van der Waals surface area contributed by atoms with Crippen molar-refractivity contribution < 1.29 is 9.53 Å². The number of aromatic nitrogens is 6. The van der Waals surface area contributed by atoms with Crippen LogP contribution in [0.1, 0.15) is 16.1 Å². The molecule has 4 aromatic heterocycles. The molecular weight excluding hydrogens is 312 g/mol. The van der Waals surface area contributed by atoms with Crippen molar-refractivity contribution in [2.24, 2.45) is 0 Å². The number of aryl methyl sites for hydroxylation is 1. The Morgan fingerprint density at radius 3 is 2.88 bits per heavy atom. The number of fused-ring (bicyclic) bond motifs is 3. The summed E-state index contributed by atoms with van der Waals surface area (Å²) in [6, 6.07) is 3.42. The summed E-state index contributed by atoms with van der Waals surface area (Å²) in [5.41, 5.74) is 1.42. The molecular formula is C15H12N6O3. The summed E-state index contributed by atoms with van der Waals surface area (Å²) in [6.07, 6.45) is 4.62. The van der Waals surface area contributed by atoms with Gasteiger partial charge in [0.25, 0.3) is 5.56 Å². The van der Waals surface area contributed by atoms with Crippen molar-refractivity contribution in [2.45, 2.75) is 6.92 Å². The SMILES string of the molecule is COC(=O)c1c(C)nn2c1ncc1c(=O)n(-c3ccn[nH]3)ccc12. The number of rotatable bonds is 2. The van der Waals surface area contributed by atoms with Crippen LogP contribution in [0.3, 0.4) is 0 Å². The number of ether oxygens (including phenoxy) is 1. The first kappa shape index (κ1) is 14.1. The van der Waals surface area contributed by atoms with E-state index in [0.717, 1.165) is 0 Å². The number of hydrogen-bond donors (Lipinski definition) is 1. The van der Waals surface area contributed by atoms with Crippen LogP contribution in [0.25, 0.3) is 22.4 Å². The average Bonchev–Trinajstić information content (AvgIpc) is 3.21. The third-order valence-electron chi connectivity index (χ3n) is 3.82. The van der Waals surface area contributed by atoms with Gasteiger partial charge in [0.05, 0.1) is 29.9 Å². The maximum absolute atomic E-state index is 12.7. The standard InChI is InChI=1S/C15H12N6O3/c1-8-12(15(23)24-2)13-16-7-9-10(21(13)19-8)4-6-20(14(9)22)11-3-5-17-18-11/h3-7H,1-2H3,(H,17,18). The topological polar surface area (TPSA) is 107 Å². The van der Waals surface area contributed by atoms with Gasteiger partial charge in [0.15, 0.2) is 5.65 Å². The zero-order valence-corrected chi connectivity index (χ0v) is 12.8. The molecule has 0 saturated heterocycles. The third kappa shape index (κ3) is 1.84. The van der Waals surface area contributed by atoms with Crippen molar-refractivity contribution in [3.05, 3.63) is 52.3 Å². The molecule has 0 aliphatic heterocycles.